The van der Waals surface area contributed by atoms with Crippen LogP contribution < -0.4 is 9.47 Å². The Labute approximate surface area is 163 Å². The summed E-state index contributed by atoms with van der Waals surface area (Å²) in [5.74, 6) is 2.13. The fraction of sp³-hybridized carbons (Fsp3) is 0.478. The van der Waals surface area contributed by atoms with E-state index in [2.05, 4.69) is 36.9 Å². The largest absolute Gasteiger partial charge is 0.493 e. The van der Waals surface area contributed by atoms with Gasteiger partial charge in [0.05, 0.1) is 20.3 Å². The lowest BCUT2D eigenvalue weighted by molar-refractivity contribution is 0.105. The average Bonchev–Trinajstić information content (AvgIpc) is 2.66. The van der Waals surface area contributed by atoms with Crippen molar-refractivity contribution in [2.75, 3.05) is 27.3 Å². The van der Waals surface area contributed by atoms with E-state index in [0.717, 1.165) is 42.1 Å². The van der Waals surface area contributed by atoms with Crippen LogP contribution in [0.4, 0.5) is 0 Å². The van der Waals surface area contributed by atoms with E-state index in [1.54, 1.807) is 14.2 Å². The van der Waals surface area contributed by atoms with Gasteiger partial charge < -0.3 is 14.6 Å². The second kappa shape index (κ2) is 11.0. The van der Waals surface area contributed by atoms with Gasteiger partial charge in [0.1, 0.15) is 0 Å². The van der Waals surface area contributed by atoms with Crippen molar-refractivity contribution in [1.29, 1.82) is 0 Å². The predicted molar refractivity (Wildman–Crippen MR) is 110 cm³/mol. The summed E-state index contributed by atoms with van der Waals surface area (Å²) < 4.78 is 11.0. The van der Waals surface area contributed by atoms with Crippen LogP contribution in [0, 0.1) is 5.92 Å². The van der Waals surface area contributed by atoms with Crippen molar-refractivity contribution in [3.63, 3.8) is 0 Å². The molecule has 0 fully saturated rings. The first kappa shape index (κ1) is 21.3. The van der Waals surface area contributed by atoms with Gasteiger partial charge in [-0.3, -0.25) is 4.90 Å². The molecule has 0 bridgehead atoms. The highest BCUT2D eigenvalue weighted by Gasteiger charge is 2.17. The molecule has 0 aliphatic rings. The third-order valence-electron chi connectivity index (χ3n) is 4.68. The maximum atomic E-state index is 10.6. The van der Waals surface area contributed by atoms with Crippen LogP contribution in [-0.2, 0) is 13.0 Å². The van der Waals surface area contributed by atoms with E-state index in [1.807, 2.05) is 30.3 Å². The second-order valence-corrected chi connectivity index (χ2v) is 7.41. The molecule has 0 unspecified atom stereocenters. The van der Waals surface area contributed by atoms with E-state index in [0.29, 0.717) is 18.9 Å². The summed E-state index contributed by atoms with van der Waals surface area (Å²) in [7, 11) is 3.33. The Hall–Kier alpha value is -2.04. The normalized spacial score (nSPS) is 12.4. The molecular formula is C23H33NO3. The zero-order valence-electron chi connectivity index (χ0n) is 17.0. The Balaban J connectivity index is 2.09. The van der Waals surface area contributed by atoms with Crippen molar-refractivity contribution in [3.8, 4) is 11.5 Å². The number of ether oxygens (including phenoxy) is 2. The van der Waals surface area contributed by atoms with E-state index in [1.165, 1.54) is 0 Å². The van der Waals surface area contributed by atoms with Gasteiger partial charge in [-0.15, -0.1) is 0 Å². The number of rotatable bonds is 11. The van der Waals surface area contributed by atoms with Crippen LogP contribution in [0.5, 0.6) is 11.5 Å². The standard InChI is InChI=1S/C23H33NO3/c1-18(2)13-14-24(17-21(25)15-19-9-6-5-7-10-19)16-20-11-8-12-22(26-3)23(20)27-4/h5-12,18,21,25H,13-17H2,1-4H3/t21-/m1/s1. The molecule has 0 aromatic heterocycles. The van der Waals surface area contributed by atoms with E-state index in [-0.39, 0.29) is 0 Å². The van der Waals surface area contributed by atoms with Gasteiger partial charge >= 0.3 is 0 Å². The fourth-order valence-electron chi connectivity index (χ4n) is 3.24. The second-order valence-electron chi connectivity index (χ2n) is 7.41. The molecule has 0 radical (unpaired) electrons. The monoisotopic (exact) mass is 371 g/mol. The molecular weight excluding hydrogens is 338 g/mol. The maximum Gasteiger partial charge on any atom is 0.165 e. The van der Waals surface area contributed by atoms with Crippen molar-refractivity contribution >= 4 is 0 Å². The predicted octanol–water partition coefficient (Wildman–Crippen LogP) is 4.16. The van der Waals surface area contributed by atoms with Crippen LogP contribution in [0.1, 0.15) is 31.4 Å². The Morgan fingerprint density at radius 1 is 0.963 bits per heavy atom. The van der Waals surface area contributed by atoms with Crippen molar-refractivity contribution in [3.05, 3.63) is 59.7 Å². The Kier molecular flexibility index (Phi) is 8.62. The lowest BCUT2D eigenvalue weighted by atomic mass is 10.1. The minimum Gasteiger partial charge on any atom is -0.493 e. The fourth-order valence-corrected chi connectivity index (χ4v) is 3.24. The van der Waals surface area contributed by atoms with Gasteiger partial charge in [-0.1, -0.05) is 56.3 Å². The highest BCUT2D eigenvalue weighted by molar-refractivity contribution is 5.46. The molecule has 0 spiro atoms. The summed E-state index contributed by atoms with van der Waals surface area (Å²) in [6.07, 6.45) is 1.34. The molecule has 1 atom stereocenters. The molecule has 0 amide bonds. The van der Waals surface area contributed by atoms with Crippen LogP contribution in [-0.4, -0.2) is 43.4 Å². The summed E-state index contributed by atoms with van der Waals surface area (Å²) >= 11 is 0. The molecule has 0 aliphatic heterocycles. The number of benzene rings is 2. The third-order valence-corrected chi connectivity index (χ3v) is 4.68. The average molecular weight is 372 g/mol. The molecule has 0 aliphatic carbocycles. The summed E-state index contributed by atoms with van der Waals surface area (Å²) in [5, 5.41) is 10.6. The molecule has 4 nitrogen and oxygen atoms in total. The minimum absolute atomic E-state index is 0.406. The minimum atomic E-state index is -0.406. The first-order chi connectivity index (χ1) is 13.0. The van der Waals surface area contributed by atoms with Crippen molar-refractivity contribution in [1.82, 2.24) is 4.90 Å². The Morgan fingerprint density at radius 3 is 2.33 bits per heavy atom. The van der Waals surface area contributed by atoms with Crippen molar-refractivity contribution in [2.45, 2.75) is 39.3 Å². The molecule has 2 aromatic rings. The number of hydrogen-bond donors (Lipinski definition) is 1. The maximum absolute atomic E-state index is 10.6. The zero-order valence-corrected chi connectivity index (χ0v) is 17.0. The highest BCUT2D eigenvalue weighted by atomic mass is 16.5. The van der Waals surface area contributed by atoms with Gasteiger partial charge in [0.2, 0.25) is 0 Å². The molecule has 0 saturated heterocycles. The van der Waals surface area contributed by atoms with E-state index >= 15 is 0 Å². The zero-order chi connectivity index (χ0) is 19.6. The highest BCUT2D eigenvalue weighted by Crippen LogP contribution is 2.31. The smallest absolute Gasteiger partial charge is 0.165 e. The van der Waals surface area contributed by atoms with Gasteiger partial charge in [-0.05, 0) is 36.9 Å². The number of aliphatic hydroxyl groups is 1. The SMILES string of the molecule is COc1cccc(CN(CCC(C)C)C[C@H](O)Cc2ccccc2)c1OC. The summed E-state index contributed by atoms with van der Waals surface area (Å²) in [6.45, 7) is 6.74. The Bertz CT molecular complexity index is 673. The molecule has 0 heterocycles. The van der Waals surface area contributed by atoms with Crippen LogP contribution in [0.2, 0.25) is 0 Å². The van der Waals surface area contributed by atoms with Gasteiger partial charge in [0.25, 0.3) is 0 Å². The number of methoxy groups -OCH3 is 2. The lowest BCUT2D eigenvalue weighted by Crippen LogP contribution is -2.34. The lowest BCUT2D eigenvalue weighted by Gasteiger charge is -2.27. The first-order valence-corrected chi connectivity index (χ1v) is 9.67. The quantitative estimate of drug-likeness (QED) is 0.644. The first-order valence-electron chi connectivity index (χ1n) is 9.67. The number of hydrogen-bond acceptors (Lipinski definition) is 4. The summed E-state index contributed by atoms with van der Waals surface area (Å²) in [5.41, 5.74) is 2.24. The van der Waals surface area contributed by atoms with Gasteiger partial charge in [0.15, 0.2) is 11.5 Å². The molecule has 2 aromatic carbocycles. The molecule has 0 saturated carbocycles. The van der Waals surface area contributed by atoms with Crippen LogP contribution in [0.3, 0.4) is 0 Å². The van der Waals surface area contributed by atoms with Crippen molar-refractivity contribution < 1.29 is 14.6 Å². The molecule has 148 valence electrons. The molecule has 2 rings (SSSR count). The van der Waals surface area contributed by atoms with Gasteiger partial charge in [-0.25, -0.2) is 0 Å². The van der Waals surface area contributed by atoms with E-state index in [4.69, 9.17) is 9.47 Å². The number of aliphatic hydroxyl groups excluding tert-OH is 1. The molecule has 1 N–H and O–H groups in total. The number of nitrogens with zero attached hydrogens (tertiary/aromatic N) is 1. The van der Waals surface area contributed by atoms with Crippen molar-refractivity contribution in [2.24, 2.45) is 5.92 Å². The topological polar surface area (TPSA) is 41.9 Å². The van der Waals surface area contributed by atoms with Crippen LogP contribution in [0.25, 0.3) is 0 Å². The molecule has 4 heteroatoms. The van der Waals surface area contributed by atoms with E-state index in [9.17, 15) is 5.11 Å². The number of para-hydroxylation sites is 1. The third kappa shape index (κ3) is 6.89. The van der Waals surface area contributed by atoms with Gasteiger partial charge in [-0.2, -0.15) is 0 Å². The van der Waals surface area contributed by atoms with Crippen LogP contribution >= 0.6 is 0 Å². The van der Waals surface area contributed by atoms with E-state index < -0.39 is 6.10 Å². The molecule has 27 heavy (non-hydrogen) atoms. The summed E-state index contributed by atoms with van der Waals surface area (Å²) in [4.78, 5) is 2.31. The Morgan fingerprint density at radius 2 is 1.70 bits per heavy atom. The van der Waals surface area contributed by atoms with Gasteiger partial charge in [0, 0.05) is 18.7 Å². The van der Waals surface area contributed by atoms with Crippen LogP contribution in [0.15, 0.2) is 48.5 Å². The summed E-state index contributed by atoms with van der Waals surface area (Å²) in [6, 6.07) is 16.1.